The Kier molecular flexibility index (Phi) is 5.62. The lowest BCUT2D eigenvalue weighted by atomic mass is 10.1. The first-order chi connectivity index (χ1) is 12.8. The average molecular weight is 355 g/mol. The number of esters is 1. The average Bonchev–Trinajstić information content (AvgIpc) is 3.22. The molecule has 124 valence electrons. The number of carbonyl (C=O) groups excluding carboxylic acids is 1. The van der Waals surface area contributed by atoms with E-state index in [1.165, 1.54) is 11.3 Å². The molecule has 0 radical (unpaired) electrons. The molecule has 26 heavy (non-hydrogen) atoms. The number of benzene rings is 2. The predicted molar refractivity (Wildman–Crippen MR) is 102 cm³/mol. The highest BCUT2D eigenvalue weighted by atomic mass is 32.1. The Labute approximate surface area is 155 Å². The Morgan fingerprint density at radius 3 is 2.23 bits per heavy atom. The molecule has 0 atom stereocenters. The normalized spacial score (nSPS) is 10.7. The second-order valence-corrected chi connectivity index (χ2v) is 6.11. The van der Waals surface area contributed by atoms with Crippen molar-refractivity contribution in [3.63, 3.8) is 0 Å². The molecule has 3 aromatic rings. The van der Waals surface area contributed by atoms with Gasteiger partial charge in [-0.05, 0) is 41.6 Å². The summed E-state index contributed by atoms with van der Waals surface area (Å²) in [6, 6.07) is 23.7. The number of nitriles is 1. The van der Waals surface area contributed by atoms with Gasteiger partial charge in [-0.2, -0.15) is 5.26 Å². The van der Waals surface area contributed by atoms with Gasteiger partial charge in [0.25, 0.3) is 0 Å². The quantitative estimate of drug-likeness (QED) is 0.291. The molecule has 0 unspecified atom stereocenters. The van der Waals surface area contributed by atoms with Gasteiger partial charge in [0.05, 0.1) is 5.56 Å². The van der Waals surface area contributed by atoms with Crippen LogP contribution in [-0.2, 0) is 4.74 Å². The van der Waals surface area contributed by atoms with E-state index < -0.39 is 5.97 Å². The highest BCUT2D eigenvalue weighted by Crippen LogP contribution is 2.24. The van der Waals surface area contributed by atoms with Crippen molar-refractivity contribution in [1.29, 1.82) is 5.26 Å². The van der Waals surface area contributed by atoms with E-state index in [4.69, 9.17) is 4.74 Å². The maximum atomic E-state index is 12.4. The number of nitrogens with zero attached hydrogens (tertiary/aromatic N) is 1. The van der Waals surface area contributed by atoms with E-state index in [2.05, 4.69) is 17.9 Å². The third-order valence-electron chi connectivity index (χ3n) is 3.40. The monoisotopic (exact) mass is 355 g/mol. The Bertz CT molecular complexity index is 1020. The van der Waals surface area contributed by atoms with Gasteiger partial charge in [0.1, 0.15) is 11.6 Å². The summed E-state index contributed by atoms with van der Waals surface area (Å²) in [6.45, 7) is 0. The largest absolute Gasteiger partial charge is 0.412 e. The summed E-state index contributed by atoms with van der Waals surface area (Å²) < 4.78 is 5.49. The smallest absolute Gasteiger partial charge is 0.344 e. The number of hydrogen-bond donors (Lipinski definition) is 0. The third-order valence-corrected chi connectivity index (χ3v) is 4.29. The predicted octanol–water partition coefficient (Wildman–Crippen LogP) is 4.89. The van der Waals surface area contributed by atoms with E-state index in [-0.39, 0.29) is 11.3 Å². The maximum Gasteiger partial charge on any atom is 0.344 e. The van der Waals surface area contributed by atoms with E-state index in [1.54, 1.807) is 30.3 Å². The van der Waals surface area contributed by atoms with Crippen molar-refractivity contribution in [1.82, 2.24) is 0 Å². The maximum absolute atomic E-state index is 12.4. The van der Waals surface area contributed by atoms with Crippen molar-refractivity contribution in [3.05, 3.63) is 99.9 Å². The summed E-state index contributed by atoms with van der Waals surface area (Å²) >= 11 is 1.39. The number of hydrogen-bond acceptors (Lipinski definition) is 4. The van der Waals surface area contributed by atoms with Crippen LogP contribution in [-0.4, -0.2) is 5.97 Å². The van der Waals surface area contributed by atoms with Crippen LogP contribution in [0, 0.1) is 23.2 Å². The molecule has 3 nitrogen and oxygen atoms in total. The SMILES string of the molecule is N#C/C(=C(/C#Cc1ccccc1)OC(=O)c1ccccc1)c1cccs1. The Balaban J connectivity index is 2.01. The highest BCUT2D eigenvalue weighted by Gasteiger charge is 2.15. The zero-order valence-electron chi connectivity index (χ0n) is 13.7. The van der Waals surface area contributed by atoms with Crippen molar-refractivity contribution in [2.45, 2.75) is 0 Å². The zero-order valence-corrected chi connectivity index (χ0v) is 14.5. The summed E-state index contributed by atoms with van der Waals surface area (Å²) in [5, 5.41) is 11.4. The number of allylic oxidation sites excluding steroid dienone is 2. The molecule has 0 aliphatic heterocycles. The topological polar surface area (TPSA) is 50.1 Å². The van der Waals surface area contributed by atoms with Crippen molar-refractivity contribution in [2.75, 3.05) is 0 Å². The fourth-order valence-corrected chi connectivity index (χ4v) is 2.87. The minimum absolute atomic E-state index is 0.0488. The molecule has 0 spiro atoms. The molecule has 0 saturated carbocycles. The minimum atomic E-state index is -0.549. The van der Waals surface area contributed by atoms with Crippen LogP contribution in [0.15, 0.2) is 83.9 Å². The van der Waals surface area contributed by atoms with Gasteiger partial charge in [-0.3, -0.25) is 0 Å². The van der Waals surface area contributed by atoms with Gasteiger partial charge in [0, 0.05) is 10.4 Å². The third kappa shape index (κ3) is 4.27. The summed E-state index contributed by atoms with van der Waals surface area (Å²) in [5.74, 6) is 5.29. The first kappa shape index (κ1) is 17.2. The zero-order chi connectivity index (χ0) is 18.2. The standard InChI is InChI=1S/C22H13NO2S/c23-16-19(21-12-7-15-26-21)20(14-13-17-8-3-1-4-9-17)25-22(24)18-10-5-2-6-11-18/h1-12,15H/b20-19+. The second kappa shape index (κ2) is 8.48. The van der Waals surface area contributed by atoms with Crippen LogP contribution in [0.1, 0.15) is 20.8 Å². The molecule has 0 aliphatic rings. The van der Waals surface area contributed by atoms with Crippen LogP contribution in [0.5, 0.6) is 0 Å². The molecular formula is C22H13NO2S. The van der Waals surface area contributed by atoms with Gasteiger partial charge in [0.15, 0.2) is 0 Å². The Hall–Kier alpha value is -3.60. The number of ether oxygens (including phenoxy) is 1. The molecule has 1 heterocycles. The van der Waals surface area contributed by atoms with E-state index in [0.29, 0.717) is 10.4 Å². The molecule has 1 aromatic heterocycles. The molecule has 0 aliphatic carbocycles. The molecular weight excluding hydrogens is 342 g/mol. The van der Waals surface area contributed by atoms with Crippen molar-refractivity contribution >= 4 is 22.9 Å². The van der Waals surface area contributed by atoms with Crippen LogP contribution in [0.3, 0.4) is 0 Å². The number of carbonyl (C=O) groups is 1. The molecule has 0 N–H and O–H groups in total. The lowest BCUT2D eigenvalue weighted by Gasteiger charge is -2.05. The van der Waals surface area contributed by atoms with Gasteiger partial charge < -0.3 is 4.74 Å². The van der Waals surface area contributed by atoms with Gasteiger partial charge in [0.2, 0.25) is 5.76 Å². The van der Waals surface area contributed by atoms with Gasteiger partial charge in [-0.1, -0.05) is 48.4 Å². The first-order valence-electron chi connectivity index (χ1n) is 7.80. The lowest BCUT2D eigenvalue weighted by Crippen LogP contribution is -2.05. The van der Waals surface area contributed by atoms with Gasteiger partial charge in [-0.25, -0.2) is 4.79 Å². The lowest BCUT2D eigenvalue weighted by molar-refractivity contribution is 0.0642. The summed E-state index contributed by atoms with van der Waals surface area (Å²) in [7, 11) is 0. The minimum Gasteiger partial charge on any atom is -0.412 e. The van der Waals surface area contributed by atoms with Crippen LogP contribution in [0.2, 0.25) is 0 Å². The Morgan fingerprint density at radius 1 is 0.923 bits per heavy atom. The van der Waals surface area contributed by atoms with Crippen molar-refractivity contribution in [2.24, 2.45) is 0 Å². The molecule has 0 saturated heterocycles. The van der Waals surface area contributed by atoms with Gasteiger partial charge >= 0.3 is 5.97 Å². The van der Waals surface area contributed by atoms with Crippen molar-refractivity contribution < 1.29 is 9.53 Å². The van der Waals surface area contributed by atoms with Crippen molar-refractivity contribution in [3.8, 4) is 17.9 Å². The number of rotatable bonds is 3. The van der Waals surface area contributed by atoms with Crippen LogP contribution in [0.25, 0.3) is 5.57 Å². The highest BCUT2D eigenvalue weighted by molar-refractivity contribution is 7.11. The van der Waals surface area contributed by atoms with E-state index in [9.17, 15) is 10.1 Å². The fraction of sp³-hybridized carbons (Fsp3) is 0. The molecule has 4 heteroatoms. The first-order valence-corrected chi connectivity index (χ1v) is 8.68. The summed E-state index contributed by atoms with van der Waals surface area (Å²) in [4.78, 5) is 13.1. The molecule has 3 rings (SSSR count). The molecule has 2 aromatic carbocycles. The molecule has 0 amide bonds. The van der Waals surface area contributed by atoms with Crippen LogP contribution >= 0.6 is 11.3 Å². The van der Waals surface area contributed by atoms with E-state index in [1.807, 2.05) is 47.8 Å². The summed E-state index contributed by atoms with van der Waals surface area (Å²) in [6.07, 6.45) is 0. The number of thiophene rings is 1. The van der Waals surface area contributed by atoms with E-state index >= 15 is 0 Å². The molecule has 0 fully saturated rings. The second-order valence-electron chi connectivity index (χ2n) is 5.16. The van der Waals surface area contributed by atoms with E-state index in [0.717, 1.165) is 5.56 Å². The van der Waals surface area contributed by atoms with Gasteiger partial charge in [-0.15, -0.1) is 11.3 Å². The Morgan fingerprint density at radius 2 is 1.62 bits per heavy atom. The summed E-state index contributed by atoms with van der Waals surface area (Å²) in [5.41, 5.74) is 1.41. The molecule has 0 bridgehead atoms. The van der Waals surface area contributed by atoms with Crippen LogP contribution < -0.4 is 0 Å². The fourth-order valence-electron chi connectivity index (χ4n) is 2.15. The van der Waals surface area contributed by atoms with Crippen LogP contribution in [0.4, 0.5) is 0 Å².